The number of hydrogen-bond donors (Lipinski definition) is 2. The largest absolute Gasteiger partial charge is 0.356 e. The highest BCUT2D eigenvalue weighted by Gasteiger charge is 2.29. The van der Waals surface area contributed by atoms with Gasteiger partial charge < -0.3 is 20.1 Å². The van der Waals surface area contributed by atoms with E-state index >= 15 is 0 Å². The monoisotopic (exact) mass is 565 g/mol. The van der Waals surface area contributed by atoms with Gasteiger partial charge in [0.2, 0.25) is 5.91 Å². The lowest BCUT2D eigenvalue weighted by Gasteiger charge is -2.18. The summed E-state index contributed by atoms with van der Waals surface area (Å²) in [6.07, 6.45) is 7.05. The third-order valence-corrected chi connectivity index (χ3v) is 6.42. The van der Waals surface area contributed by atoms with E-state index in [1.165, 1.54) is 24.8 Å². The van der Waals surface area contributed by atoms with Gasteiger partial charge in [-0.2, -0.15) is 0 Å². The van der Waals surface area contributed by atoms with Gasteiger partial charge >= 0.3 is 0 Å². The molecule has 0 spiro atoms. The maximum absolute atomic E-state index is 12.4. The first-order valence-corrected chi connectivity index (χ1v) is 11.9. The van der Waals surface area contributed by atoms with E-state index in [2.05, 4.69) is 42.5 Å². The summed E-state index contributed by atoms with van der Waals surface area (Å²) in [5, 5.41) is 15.5. The van der Waals surface area contributed by atoms with Gasteiger partial charge in [-0.3, -0.25) is 9.79 Å². The maximum atomic E-state index is 12.4. The number of halogens is 1. The SMILES string of the molecule is CN=C(NCCc1nnc2n1CCCCC2)NCC1CC(=O)N(CCc2ccccc2)C1.I. The number of nitrogens with one attached hydrogen (secondary N) is 2. The second-order valence-electron chi connectivity index (χ2n) is 8.77. The van der Waals surface area contributed by atoms with Gasteiger partial charge in [0.15, 0.2) is 5.96 Å². The topological polar surface area (TPSA) is 87.4 Å². The normalized spacial score (nSPS) is 18.5. The van der Waals surface area contributed by atoms with Crippen molar-refractivity contribution in [2.24, 2.45) is 10.9 Å². The van der Waals surface area contributed by atoms with Crippen molar-refractivity contribution in [1.82, 2.24) is 30.3 Å². The number of guanidine groups is 1. The molecule has 1 saturated heterocycles. The average molecular weight is 566 g/mol. The molecule has 180 valence electrons. The Morgan fingerprint density at radius 1 is 1.12 bits per heavy atom. The molecule has 1 atom stereocenters. The fourth-order valence-electron chi connectivity index (χ4n) is 4.60. The predicted molar refractivity (Wildman–Crippen MR) is 141 cm³/mol. The third kappa shape index (κ3) is 7.15. The second kappa shape index (κ2) is 12.9. The zero-order valence-electron chi connectivity index (χ0n) is 19.5. The van der Waals surface area contributed by atoms with E-state index in [9.17, 15) is 4.79 Å². The van der Waals surface area contributed by atoms with Crippen molar-refractivity contribution < 1.29 is 4.79 Å². The van der Waals surface area contributed by atoms with Crippen molar-refractivity contribution in [3.63, 3.8) is 0 Å². The molecule has 1 fully saturated rings. The Bertz CT molecular complexity index is 915. The Labute approximate surface area is 213 Å². The molecule has 3 heterocycles. The molecular formula is C24H36IN7O. The summed E-state index contributed by atoms with van der Waals surface area (Å²) in [5.74, 6) is 3.52. The van der Waals surface area contributed by atoms with Gasteiger partial charge in [-0.25, -0.2) is 0 Å². The number of aliphatic imine (C=N–C) groups is 1. The van der Waals surface area contributed by atoms with Crippen molar-refractivity contribution in [1.29, 1.82) is 0 Å². The number of hydrogen-bond acceptors (Lipinski definition) is 4. The highest BCUT2D eigenvalue weighted by molar-refractivity contribution is 14.0. The first kappa shape index (κ1) is 25.5. The number of nitrogens with zero attached hydrogens (tertiary/aromatic N) is 5. The quantitative estimate of drug-likeness (QED) is 0.292. The van der Waals surface area contributed by atoms with Crippen LogP contribution in [0.25, 0.3) is 0 Å². The average Bonchev–Trinajstić information content (AvgIpc) is 3.28. The lowest BCUT2D eigenvalue weighted by atomic mass is 10.1. The van der Waals surface area contributed by atoms with E-state index < -0.39 is 0 Å². The Hall–Kier alpha value is -2.17. The van der Waals surface area contributed by atoms with E-state index in [0.29, 0.717) is 12.3 Å². The Balaban J connectivity index is 0.00000306. The molecule has 9 heteroatoms. The number of aromatic nitrogens is 3. The lowest BCUT2D eigenvalue weighted by Crippen LogP contribution is -2.41. The summed E-state index contributed by atoms with van der Waals surface area (Å²) in [7, 11) is 1.78. The van der Waals surface area contributed by atoms with E-state index in [4.69, 9.17) is 0 Å². The Kier molecular flexibility index (Phi) is 9.95. The standard InChI is InChI=1S/C24H35N7O.HI/c1-25-24(26-13-11-22-29-28-21-10-6-3-7-14-31(21)22)27-17-20-16-23(32)30(18-20)15-12-19-8-4-2-5-9-19;/h2,4-5,8-9,20H,3,6-7,10-18H2,1H3,(H2,25,26,27);1H. The molecule has 2 aromatic rings. The minimum absolute atomic E-state index is 0. The zero-order chi connectivity index (χ0) is 22.2. The Morgan fingerprint density at radius 3 is 2.79 bits per heavy atom. The fraction of sp³-hybridized carbons (Fsp3) is 0.583. The summed E-state index contributed by atoms with van der Waals surface area (Å²) < 4.78 is 2.29. The molecule has 4 rings (SSSR count). The molecule has 1 unspecified atom stereocenters. The van der Waals surface area contributed by atoms with Crippen LogP contribution >= 0.6 is 24.0 Å². The number of aryl methyl sites for hydroxylation is 1. The number of fused-ring (bicyclic) bond motifs is 1. The molecule has 8 nitrogen and oxygen atoms in total. The van der Waals surface area contributed by atoms with Crippen LogP contribution in [-0.2, 0) is 30.6 Å². The van der Waals surface area contributed by atoms with E-state index in [-0.39, 0.29) is 29.9 Å². The predicted octanol–water partition coefficient (Wildman–Crippen LogP) is 2.42. The van der Waals surface area contributed by atoms with Crippen LogP contribution in [0.15, 0.2) is 35.3 Å². The molecule has 0 saturated carbocycles. The maximum Gasteiger partial charge on any atom is 0.223 e. The highest BCUT2D eigenvalue weighted by atomic mass is 127. The number of carbonyl (C=O) groups excluding carboxylic acids is 1. The van der Waals surface area contributed by atoms with Gasteiger partial charge in [-0.15, -0.1) is 34.2 Å². The summed E-state index contributed by atoms with van der Waals surface area (Å²) in [4.78, 5) is 18.7. The van der Waals surface area contributed by atoms with Gasteiger partial charge in [0.25, 0.3) is 0 Å². The summed E-state index contributed by atoms with van der Waals surface area (Å²) in [5.41, 5.74) is 1.27. The van der Waals surface area contributed by atoms with Crippen LogP contribution in [0.3, 0.4) is 0 Å². The lowest BCUT2D eigenvalue weighted by molar-refractivity contribution is -0.127. The van der Waals surface area contributed by atoms with E-state index in [1.807, 2.05) is 23.1 Å². The van der Waals surface area contributed by atoms with Crippen LogP contribution in [0.4, 0.5) is 0 Å². The van der Waals surface area contributed by atoms with Crippen LogP contribution in [0.2, 0.25) is 0 Å². The van der Waals surface area contributed by atoms with Gasteiger partial charge in [0.05, 0.1) is 0 Å². The third-order valence-electron chi connectivity index (χ3n) is 6.42. The molecule has 0 bridgehead atoms. The minimum atomic E-state index is 0. The van der Waals surface area contributed by atoms with Crippen molar-refractivity contribution in [2.75, 3.05) is 33.2 Å². The zero-order valence-corrected chi connectivity index (χ0v) is 21.8. The summed E-state index contributed by atoms with van der Waals surface area (Å²) >= 11 is 0. The van der Waals surface area contributed by atoms with Gasteiger partial charge in [-0.05, 0) is 24.8 Å². The second-order valence-corrected chi connectivity index (χ2v) is 8.77. The van der Waals surface area contributed by atoms with Crippen molar-refractivity contribution in [2.45, 2.75) is 51.5 Å². The van der Waals surface area contributed by atoms with Gasteiger partial charge in [-0.1, -0.05) is 36.8 Å². The number of amides is 1. The van der Waals surface area contributed by atoms with Crippen molar-refractivity contribution in [3.8, 4) is 0 Å². The van der Waals surface area contributed by atoms with Gasteiger partial charge in [0.1, 0.15) is 11.6 Å². The number of likely N-dealkylation sites (tertiary alicyclic amines) is 1. The number of carbonyl (C=O) groups is 1. The molecule has 2 aliphatic rings. The molecule has 2 aliphatic heterocycles. The van der Waals surface area contributed by atoms with Crippen LogP contribution < -0.4 is 10.6 Å². The molecule has 1 amide bonds. The first-order valence-electron chi connectivity index (χ1n) is 11.9. The molecule has 33 heavy (non-hydrogen) atoms. The molecular weight excluding hydrogens is 529 g/mol. The molecule has 0 aliphatic carbocycles. The molecule has 0 radical (unpaired) electrons. The smallest absolute Gasteiger partial charge is 0.223 e. The summed E-state index contributed by atoms with van der Waals surface area (Å²) in [6.45, 7) is 4.12. The van der Waals surface area contributed by atoms with Crippen LogP contribution in [-0.4, -0.2) is 64.8 Å². The van der Waals surface area contributed by atoms with Crippen LogP contribution in [0.1, 0.15) is 42.9 Å². The molecule has 2 N–H and O–H groups in total. The summed E-state index contributed by atoms with van der Waals surface area (Å²) in [6, 6.07) is 10.4. The van der Waals surface area contributed by atoms with Gasteiger partial charge in [0, 0.05) is 65.0 Å². The fourth-order valence-corrected chi connectivity index (χ4v) is 4.60. The number of benzene rings is 1. The van der Waals surface area contributed by atoms with Crippen molar-refractivity contribution >= 4 is 35.8 Å². The number of rotatable bonds is 8. The molecule has 1 aromatic heterocycles. The first-order chi connectivity index (χ1) is 15.7. The van der Waals surface area contributed by atoms with E-state index in [0.717, 1.165) is 69.6 Å². The minimum Gasteiger partial charge on any atom is -0.356 e. The van der Waals surface area contributed by atoms with Crippen LogP contribution in [0.5, 0.6) is 0 Å². The van der Waals surface area contributed by atoms with Crippen molar-refractivity contribution in [3.05, 3.63) is 47.5 Å². The van der Waals surface area contributed by atoms with Crippen LogP contribution in [0, 0.1) is 5.92 Å². The molecule has 1 aromatic carbocycles. The van der Waals surface area contributed by atoms with E-state index in [1.54, 1.807) is 7.05 Å². The highest BCUT2D eigenvalue weighted by Crippen LogP contribution is 2.18. The Morgan fingerprint density at radius 2 is 1.97 bits per heavy atom.